The minimum absolute atomic E-state index is 0.0387. The summed E-state index contributed by atoms with van der Waals surface area (Å²) in [4.78, 5) is 7.63. The Morgan fingerprint density at radius 3 is 2.57 bits per heavy atom. The maximum atomic E-state index is 4.92. The normalized spacial score (nSPS) is 22.5. The maximum Gasteiger partial charge on any atom is 0.0705 e. The van der Waals surface area contributed by atoms with Gasteiger partial charge in [0.2, 0.25) is 0 Å². The molecule has 0 amide bonds. The smallest absolute Gasteiger partial charge is 0.0705 e. The molecule has 7 rings (SSSR count). The number of pyridine rings is 1. The number of fused-ring (bicyclic) bond motifs is 2. The lowest BCUT2D eigenvalue weighted by Gasteiger charge is -2.44. The average molecular weight is 391 g/mol. The van der Waals surface area contributed by atoms with E-state index in [1.54, 1.807) is 0 Å². The molecule has 0 saturated heterocycles. The Morgan fingerprint density at radius 1 is 0.867 bits per heavy atom. The van der Waals surface area contributed by atoms with Crippen molar-refractivity contribution >= 4 is 10.9 Å². The lowest BCUT2D eigenvalue weighted by atomic mass is 9.72. The van der Waals surface area contributed by atoms with E-state index in [0.717, 1.165) is 31.4 Å². The van der Waals surface area contributed by atoms with Gasteiger partial charge in [0.15, 0.2) is 0 Å². The second-order valence-electron chi connectivity index (χ2n) is 9.01. The van der Waals surface area contributed by atoms with Gasteiger partial charge in [-0.1, -0.05) is 79.7 Å². The summed E-state index contributed by atoms with van der Waals surface area (Å²) in [5.41, 5.74) is 8.35. The molecule has 2 heteroatoms. The zero-order chi connectivity index (χ0) is 20.1. The molecule has 0 fully saturated rings. The molecule has 0 saturated carbocycles. The zero-order valence-corrected chi connectivity index (χ0v) is 17.4. The fourth-order valence-corrected chi connectivity index (χ4v) is 5.74. The van der Waals surface area contributed by atoms with Gasteiger partial charge in [-0.25, -0.2) is 0 Å². The van der Waals surface area contributed by atoms with E-state index < -0.39 is 0 Å². The van der Waals surface area contributed by atoms with Gasteiger partial charge in [-0.05, 0) is 40.8 Å². The Morgan fingerprint density at radius 2 is 1.63 bits per heavy atom. The molecule has 2 bridgehead atoms. The molecule has 0 radical (unpaired) electrons. The first-order valence-electron chi connectivity index (χ1n) is 11.0. The van der Waals surface area contributed by atoms with Crippen LogP contribution < -0.4 is 0 Å². The molecule has 3 aromatic carbocycles. The molecule has 148 valence electrons. The van der Waals surface area contributed by atoms with Crippen LogP contribution in [0.1, 0.15) is 40.9 Å². The Kier molecular flexibility index (Phi) is 4.04. The van der Waals surface area contributed by atoms with E-state index >= 15 is 0 Å². The summed E-state index contributed by atoms with van der Waals surface area (Å²) in [7, 11) is 0. The highest BCUT2D eigenvalue weighted by molar-refractivity contribution is 5.78. The number of aromatic nitrogens is 1. The Labute approximate surface area is 178 Å². The van der Waals surface area contributed by atoms with E-state index in [2.05, 4.69) is 96.8 Å². The standard InChI is InChI=1S/C28H26N2/c1-28-19-30(17-16-22-15-14-20-8-3-7-13-26(20)29-22)27(23-10-4-6-12-25(23)28)18-21-9-2-5-11-24(21)28/h2-15,27H,16-19H2,1H3. The predicted molar refractivity (Wildman–Crippen MR) is 123 cm³/mol. The SMILES string of the molecule is CC12CN(CCc3ccc4ccccc4n3)C(Cc3ccccc31)c1ccccc12. The lowest BCUT2D eigenvalue weighted by molar-refractivity contribution is 0.157. The Bertz CT molecular complexity index is 1240. The van der Waals surface area contributed by atoms with Crippen molar-refractivity contribution < 1.29 is 0 Å². The van der Waals surface area contributed by atoms with Crippen LogP contribution in [0, 0.1) is 0 Å². The minimum atomic E-state index is 0.0387. The van der Waals surface area contributed by atoms with Crippen molar-refractivity contribution in [2.45, 2.75) is 31.2 Å². The molecule has 1 aromatic heterocycles. The molecule has 30 heavy (non-hydrogen) atoms. The van der Waals surface area contributed by atoms with Gasteiger partial charge in [-0.15, -0.1) is 0 Å². The van der Waals surface area contributed by atoms with Crippen molar-refractivity contribution in [3.05, 3.63) is 113 Å². The topological polar surface area (TPSA) is 16.1 Å². The van der Waals surface area contributed by atoms with Gasteiger partial charge >= 0.3 is 0 Å². The third kappa shape index (κ3) is 2.71. The number of benzene rings is 3. The predicted octanol–water partition coefficient (Wildman–Crippen LogP) is 5.70. The molecule has 0 N–H and O–H groups in total. The number of rotatable bonds is 3. The summed E-state index contributed by atoms with van der Waals surface area (Å²) in [5.74, 6) is 0. The Balaban J connectivity index is 1.36. The third-order valence-corrected chi connectivity index (χ3v) is 7.21. The summed E-state index contributed by atoms with van der Waals surface area (Å²) in [6.45, 7) is 4.54. The van der Waals surface area contributed by atoms with E-state index in [1.165, 1.54) is 33.3 Å². The zero-order valence-electron chi connectivity index (χ0n) is 17.4. The van der Waals surface area contributed by atoms with E-state index in [4.69, 9.17) is 4.98 Å². The van der Waals surface area contributed by atoms with Gasteiger partial charge in [-0.2, -0.15) is 0 Å². The molecule has 0 spiro atoms. The largest absolute Gasteiger partial charge is 0.294 e. The molecule has 1 aliphatic carbocycles. The van der Waals surface area contributed by atoms with Gasteiger partial charge < -0.3 is 0 Å². The van der Waals surface area contributed by atoms with Gasteiger partial charge in [0.05, 0.1) is 5.52 Å². The summed E-state index contributed by atoms with van der Waals surface area (Å²) in [5, 5.41) is 1.21. The maximum absolute atomic E-state index is 4.92. The highest BCUT2D eigenvalue weighted by Crippen LogP contribution is 2.49. The summed E-state index contributed by atoms with van der Waals surface area (Å²) in [6, 6.07) is 31.4. The summed E-state index contributed by atoms with van der Waals surface area (Å²) in [6.07, 6.45) is 2.07. The molecule has 2 atom stereocenters. The molecule has 2 unspecified atom stereocenters. The van der Waals surface area contributed by atoms with E-state index in [9.17, 15) is 0 Å². The van der Waals surface area contributed by atoms with Crippen LogP contribution in [0.3, 0.4) is 0 Å². The fraction of sp³-hybridized carbons (Fsp3) is 0.250. The second kappa shape index (κ2) is 6.78. The van der Waals surface area contributed by atoms with Gasteiger partial charge in [-0.3, -0.25) is 9.88 Å². The van der Waals surface area contributed by atoms with E-state index in [0.29, 0.717) is 6.04 Å². The number of para-hydroxylation sites is 1. The van der Waals surface area contributed by atoms with Crippen molar-refractivity contribution in [3.8, 4) is 0 Å². The van der Waals surface area contributed by atoms with Crippen LogP contribution in [0.4, 0.5) is 0 Å². The first-order chi connectivity index (χ1) is 14.7. The van der Waals surface area contributed by atoms with Crippen LogP contribution in [0.5, 0.6) is 0 Å². The molecule has 2 nitrogen and oxygen atoms in total. The monoisotopic (exact) mass is 390 g/mol. The van der Waals surface area contributed by atoms with Crippen LogP contribution >= 0.6 is 0 Å². The van der Waals surface area contributed by atoms with Gasteiger partial charge in [0.1, 0.15) is 0 Å². The minimum Gasteiger partial charge on any atom is -0.294 e. The van der Waals surface area contributed by atoms with Crippen LogP contribution in [0.25, 0.3) is 10.9 Å². The second-order valence-corrected chi connectivity index (χ2v) is 9.01. The summed E-state index contributed by atoms with van der Waals surface area (Å²) >= 11 is 0. The number of nitrogens with zero attached hydrogens (tertiary/aromatic N) is 2. The molecular formula is C28H26N2. The van der Waals surface area contributed by atoms with Gasteiger partial charge in [0, 0.05) is 42.0 Å². The number of hydrogen-bond donors (Lipinski definition) is 0. The Hall–Kier alpha value is -2.97. The average Bonchev–Trinajstić information content (AvgIpc) is 2.99. The van der Waals surface area contributed by atoms with E-state index in [-0.39, 0.29) is 5.41 Å². The van der Waals surface area contributed by atoms with Crippen molar-refractivity contribution in [1.29, 1.82) is 0 Å². The summed E-state index contributed by atoms with van der Waals surface area (Å²) < 4.78 is 0. The highest BCUT2D eigenvalue weighted by atomic mass is 15.2. The number of hydrogen-bond acceptors (Lipinski definition) is 2. The van der Waals surface area contributed by atoms with Crippen molar-refractivity contribution in [1.82, 2.24) is 9.88 Å². The van der Waals surface area contributed by atoms with E-state index in [1.807, 2.05) is 0 Å². The van der Waals surface area contributed by atoms with Crippen LogP contribution in [0.2, 0.25) is 0 Å². The van der Waals surface area contributed by atoms with Crippen LogP contribution in [-0.2, 0) is 18.3 Å². The molecule has 3 heterocycles. The highest BCUT2D eigenvalue weighted by Gasteiger charge is 2.45. The fourth-order valence-electron chi connectivity index (χ4n) is 5.74. The molecule has 2 aliphatic heterocycles. The van der Waals surface area contributed by atoms with Crippen molar-refractivity contribution in [2.24, 2.45) is 0 Å². The first-order valence-corrected chi connectivity index (χ1v) is 11.0. The van der Waals surface area contributed by atoms with Crippen LogP contribution in [0.15, 0.2) is 84.9 Å². The third-order valence-electron chi connectivity index (χ3n) is 7.21. The van der Waals surface area contributed by atoms with Crippen molar-refractivity contribution in [2.75, 3.05) is 13.1 Å². The van der Waals surface area contributed by atoms with Crippen LogP contribution in [-0.4, -0.2) is 23.0 Å². The van der Waals surface area contributed by atoms with Crippen molar-refractivity contribution in [3.63, 3.8) is 0 Å². The quantitative estimate of drug-likeness (QED) is 0.446. The van der Waals surface area contributed by atoms with Gasteiger partial charge in [0.25, 0.3) is 0 Å². The molecule has 3 aliphatic rings. The molecular weight excluding hydrogens is 364 g/mol. The molecule has 4 aromatic rings. The first kappa shape index (κ1) is 17.9. The lowest BCUT2D eigenvalue weighted by Crippen LogP contribution is -2.46.